The zero-order valence-corrected chi connectivity index (χ0v) is 15.4. The molecular weight excluding hydrogens is 381 g/mol. The van der Waals surface area contributed by atoms with E-state index in [0.717, 1.165) is 11.8 Å². The largest absolute Gasteiger partial charge is 0.430 e. The number of pyridine rings is 1. The van der Waals surface area contributed by atoms with Gasteiger partial charge in [-0.1, -0.05) is 30.3 Å². The minimum Gasteiger partial charge on any atom is -0.395 e. The average Bonchev–Trinajstić information content (AvgIpc) is 2.72. The Kier molecular flexibility index (Phi) is 5.63. The number of allylic oxidation sites excluding steroid dienone is 2. The smallest absolute Gasteiger partial charge is 0.395 e. The van der Waals surface area contributed by atoms with Crippen LogP contribution >= 0.6 is 0 Å². The van der Waals surface area contributed by atoms with Crippen molar-refractivity contribution in [2.24, 2.45) is 10.7 Å². The zero-order valence-electron chi connectivity index (χ0n) is 15.4. The van der Waals surface area contributed by atoms with Gasteiger partial charge in [0, 0.05) is 29.8 Å². The second kappa shape index (κ2) is 8.14. The number of hydrogen-bond donors (Lipinski definition) is 2. The van der Waals surface area contributed by atoms with Gasteiger partial charge in [-0.25, -0.2) is 4.98 Å². The fraction of sp³-hybridized carbons (Fsp3) is 0.0952. The van der Waals surface area contributed by atoms with Crippen molar-refractivity contribution in [3.05, 3.63) is 71.9 Å². The molecule has 0 unspecified atom stereocenters. The van der Waals surface area contributed by atoms with Gasteiger partial charge in [-0.05, 0) is 30.3 Å². The minimum atomic E-state index is -4.61. The Balaban J connectivity index is 2.03. The highest BCUT2D eigenvalue weighted by molar-refractivity contribution is 5.96. The van der Waals surface area contributed by atoms with E-state index in [1.165, 1.54) is 0 Å². The van der Waals surface area contributed by atoms with E-state index in [0.29, 0.717) is 33.9 Å². The molecule has 0 aliphatic carbocycles. The summed E-state index contributed by atoms with van der Waals surface area (Å²) >= 11 is 0. The molecule has 29 heavy (non-hydrogen) atoms. The Morgan fingerprint density at radius 2 is 1.83 bits per heavy atom. The van der Waals surface area contributed by atoms with Gasteiger partial charge < -0.3 is 11.1 Å². The summed E-state index contributed by atoms with van der Waals surface area (Å²) in [6, 6.07) is 15.7. The van der Waals surface area contributed by atoms with E-state index < -0.39 is 11.9 Å². The van der Waals surface area contributed by atoms with Crippen LogP contribution in [0, 0.1) is 0 Å². The first-order valence-electron chi connectivity index (χ1n) is 8.59. The first-order valence-corrected chi connectivity index (χ1v) is 8.59. The summed E-state index contributed by atoms with van der Waals surface area (Å²) in [5.74, 6) is -0.206. The quantitative estimate of drug-likeness (QED) is 0.641. The number of para-hydroxylation sites is 1. The van der Waals surface area contributed by atoms with Crippen molar-refractivity contribution in [3.8, 4) is 11.3 Å². The number of benzene rings is 2. The van der Waals surface area contributed by atoms with Gasteiger partial charge in [0.15, 0.2) is 0 Å². The van der Waals surface area contributed by atoms with Gasteiger partial charge in [-0.15, -0.1) is 0 Å². The number of nitrogens with two attached hydrogens (primary N) is 1. The molecule has 0 spiro atoms. The Bertz CT molecular complexity index is 1100. The molecule has 3 aromatic rings. The number of nitrogens with one attached hydrogen (secondary N) is 1. The summed E-state index contributed by atoms with van der Waals surface area (Å²) in [7, 11) is 1.55. The van der Waals surface area contributed by atoms with Crippen molar-refractivity contribution < 1.29 is 18.0 Å². The molecule has 3 N–H and O–H groups in total. The van der Waals surface area contributed by atoms with E-state index in [9.17, 15) is 18.0 Å². The predicted molar refractivity (Wildman–Crippen MR) is 107 cm³/mol. The first kappa shape index (κ1) is 20.1. The molecule has 0 aliphatic rings. The molecule has 1 heterocycles. The van der Waals surface area contributed by atoms with E-state index in [1.807, 2.05) is 6.07 Å². The molecule has 1 amide bonds. The van der Waals surface area contributed by atoms with Gasteiger partial charge >= 0.3 is 6.18 Å². The number of aromatic nitrogens is 1. The lowest BCUT2D eigenvalue weighted by Crippen LogP contribution is -2.19. The van der Waals surface area contributed by atoms with Crippen LogP contribution in [0.15, 0.2) is 71.4 Å². The highest BCUT2D eigenvalue weighted by Gasteiger charge is 2.30. The molecule has 0 saturated heterocycles. The number of rotatable bonds is 4. The normalized spacial score (nSPS) is 12.5. The number of alkyl halides is 3. The summed E-state index contributed by atoms with van der Waals surface area (Å²) in [4.78, 5) is 20.4. The summed E-state index contributed by atoms with van der Waals surface area (Å²) in [5, 5.41) is 3.24. The molecule has 8 heteroatoms. The molecule has 0 radical (unpaired) electrons. The molecule has 0 bridgehead atoms. The van der Waals surface area contributed by atoms with Gasteiger partial charge in [0.1, 0.15) is 5.70 Å². The maximum atomic E-state index is 12.5. The third-order valence-electron chi connectivity index (χ3n) is 4.16. The number of hydrogen-bond acceptors (Lipinski definition) is 4. The second-order valence-electron chi connectivity index (χ2n) is 6.10. The van der Waals surface area contributed by atoms with Crippen molar-refractivity contribution >= 4 is 28.7 Å². The van der Waals surface area contributed by atoms with Crippen LogP contribution < -0.4 is 11.1 Å². The molecule has 5 nitrogen and oxygen atoms in total. The van der Waals surface area contributed by atoms with Gasteiger partial charge in [0.2, 0.25) is 0 Å². The van der Waals surface area contributed by atoms with Crippen LogP contribution in [-0.4, -0.2) is 30.3 Å². The van der Waals surface area contributed by atoms with E-state index in [4.69, 9.17) is 5.73 Å². The second-order valence-corrected chi connectivity index (χ2v) is 6.10. The van der Waals surface area contributed by atoms with Crippen LogP contribution in [0.3, 0.4) is 0 Å². The standard InChI is InChI=1S/C21H17F3N4O/c1-26-20(29)14-8-6-13(7-9-14)17-12-18(15-4-2-3-5-16(15)28-17)27-11-10-19(25)21(22,23)24/h2-12H,25H2,1H3,(H,26,29). The van der Waals surface area contributed by atoms with E-state index in [2.05, 4.69) is 15.3 Å². The monoisotopic (exact) mass is 398 g/mol. The summed E-state index contributed by atoms with van der Waals surface area (Å²) in [6.07, 6.45) is -2.87. The third kappa shape index (κ3) is 4.60. The number of amides is 1. The fourth-order valence-corrected chi connectivity index (χ4v) is 2.64. The average molecular weight is 398 g/mol. The van der Waals surface area contributed by atoms with Crippen LogP contribution in [0.25, 0.3) is 22.2 Å². The number of nitrogens with zero attached hydrogens (tertiary/aromatic N) is 2. The number of carbonyl (C=O) groups excluding carboxylic acids is 1. The molecule has 0 fully saturated rings. The van der Waals surface area contributed by atoms with Crippen LogP contribution in [0.1, 0.15) is 10.4 Å². The number of aliphatic imine (C=N–C) groups is 1. The highest BCUT2D eigenvalue weighted by Crippen LogP contribution is 2.30. The predicted octanol–water partition coefficient (Wildman–Crippen LogP) is 4.37. The highest BCUT2D eigenvalue weighted by atomic mass is 19.4. The Morgan fingerprint density at radius 1 is 1.14 bits per heavy atom. The van der Waals surface area contributed by atoms with Gasteiger partial charge in [0.05, 0.1) is 16.9 Å². The zero-order chi connectivity index (χ0) is 21.0. The topological polar surface area (TPSA) is 80.4 Å². The third-order valence-corrected chi connectivity index (χ3v) is 4.16. The Morgan fingerprint density at radius 3 is 2.48 bits per heavy atom. The summed E-state index contributed by atoms with van der Waals surface area (Å²) in [5.41, 5.74) is 6.68. The molecule has 2 aromatic carbocycles. The Labute approximate surface area is 164 Å². The van der Waals surface area contributed by atoms with E-state index in [1.54, 1.807) is 55.6 Å². The van der Waals surface area contributed by atoms with Crippen molar-refractivity contribution in [3.63, 3.8) is 0 Å². The maximum Gasteiger partial charge on any atom is 0.430 e. The summed E-state index contributed by atoms with van der Waals surface area (Å²) in [6.45, 7) is 0. The molecule has 1 aromatic heterocycles. The van der Waals surface area contributed by atoms with E-state index in [-0.39, 0.29) is 5.91 Å². The molecule has 0 saturated carbocycles. The molecule has 3 rings (SSSR count). The van der Waals surface area contributed by atoms with Gasteiger partial charge in [-0.3, -0.25) is 9.79 Å². The maximum absolute atomic E-state index is 12.5. The fourth-order valence-electron chi connectivity index (χ4n) is 2.64. The first-order chi connectivity index (χ1) is 13.8. The molecule has 148 valence electrons. The lowest BCUT2D eigenvalue weighted by molar-refractivity contribution is -0.0925. The molecule has 0 aliphatic heterocycles. The molecule has 0 atom stereocenters. The van der Waals surface area contributed by atoms with Crippen molar-refractivity contribution in [2.45, 2.75) is 6.18 Å². The van der Waals surface area contributed by atoms with Crippen molar-refractivity contribution in [2.75, 3.05) is 7.05 Å². The van der Waals surface area contributed by atoms with Gasteiger partial charge in [-0.2, -0.15) is 13.2 Å². The van der Waals surface area contributed by atoms with Crippen LogP contribution in [0.4, 0.5) is 18.9 Å². The molecular formula is C21H17F3N4O. The lowest BCUT2D eigenvalue weighted by Gasteiger charge is -2.08. The lowest BCUT2D eigenvalue weighted by atomic mass is 10.1. The number of carbonyl (C=O) groups is 1. The Hall–Kier alpha value is -3.68. The van der Waals surface area contributed by atoms with Crippen molar-refractivity contribution in [1.82, 2.24) is 10.3 Å². The SMILES string of the molecule is CNC(=O)c1ccc(-c2cc(N=CC=C(N)C(F)(F)F)c3ccccc3n2)cc1. The van der Waals surface area contributed by atoms with Gasteiger partial charge in [0.25, 0.3) is 5.91 Å². The number of fused-ring (bicyclic) bond motifs is 1. The number of halogens is 3. The minimum absolute atomic E-state index is 0.206. The van der Waals surface area contributed by atoms with Crippen LogP contribution in [0.5, 0.6) is 0 Å². The van der Waals surface area contributed by atoms with Crippen LogP contribution in [-0.2, 0) is 0 Å². The van der Waals surface area contributed by atoms with E-state index >= 15 is 0 Å². The summed E-state index contributed by atoms with van der Waals surface area (Å²) < 4.78 is 37.6. The van der Waals surface area contributed by atoms with Crippen LogP contribution in [0.2, 0.25) is 0 Å². The van der Waals surface area contributed by atoms with Crippen molar-refractivity contribution in [1.29, 1.82) is 0 Å².